The predicted octanol–water partition coefficient (Wildman–Crippen LogP) is 4.39. The second kappa shape index (κ2) is 5.73. The Bertz CT molecular complexity index is 734. The van der Waals surface area contributed by atoms with E-state index in [-0.39, 0.29) is 10.4 Å². The minimum Gasteiger partial charge on any atom is -0.312 e. The van der Waals surface area contributed by atoms with Crippen molar-refractivity contribution in [2.45, 2.75) is 13.8 Å². The fraction of sp³-hybridized carbons (Fsp3) is 0.143. The first-order valence-corrected chi connectivity index (χ1v) is 7.31. The summed E-state index contributed by atoms with van der Waals surface area (Å²) in [5.74, 6) is -0.800. The minimum absolute atomic E-state index is 0.226. The third-order valence-corrected chi connectivity index (χ3v) is 4.64. The van der Waals surface area contributed by atoms with E-state index in [1.54, 1.807) is 0 Å². The number of carbonyl (C=O) groups excluding carboxylic acids is 1. The molecule has 0 atom stereocenters. The zero-order chi connectivity index (χ0) is 14.9. The van der Waals surface area contributed by atoms with Crippen molar-refractivity contribution in [2.75, 3.05) is 5.32 Å². The molecule has 1 aromatic carbocycles. The number of hydrogen-bond acceptors (Lipinski definition) is 3. The number of anilines is 1. The van der Waals surface area contributed by atoms with Gasteiger partial charge in [0.2, 0.25) is 0 Å². The van der Waals surface area contributed by atoms with Crippen molar-refractivity contribution in [2.24, 2.45) is 0 Å². The van der Waals surface area contributed by atoms with Crippen LogP contribution in [0.4, 0.5) is 9.39 Å². The van der Waals surface area contributed by atoms with Crippen molar-refractivity contribution in [1.82, 2.24) is 0 Å². The Morgan fingerprint density at radius 1 is 1.45 bits per heavy atom. The number of aryl methyl sites for hydroxylation is 1. The molecule has 0 unspecified atom stereocenters. The van der Waals surface area contributed by atoms with Crippen molar-refractivity contribution >= 4 is 38.2 Å². The van der Waals surface area contributed by atoms with Crippen molar-refractivity contribution in [3.05, 3.63) is 50.1 Å². The second-order valence-corrected chi connectivity index (χ2v) is 6.26. The summed E-state index contributed by atoms with van der Waals surface area (Å²) < 4.78 is 13.4. The molecule has 20 heavy (non-hydrogen) atoms. The Balaban J connectivity index is 2.30. The molecule has 0 saturated heterocycles. The van der Waals surface area contributed by atoms with Gasteiger partial charge in [0.05, 0.1) is 10.0 Å². The fourth-order valence-electron chi connectivity index (χ4n) is 1.66. The van der Waals surface area contributed by atoms with Gasteiger partial charge in [-0.1, -0.05) is 0 Å². The van der Waals surface area contributed by atoms with Crippen LogP contribution in [0.3, 0.4) is 0 Å². The van der Waals surface area contributed by atoms with Gasteiger partial charge in [0.25, 0.3) is 5.91 Å². The molecule has 1 aromatic heterocycles. The van der Waals surface area contributed by atoms with E-state index in [0.29, 0.717) is 16.1 Å². The van der Waals surface area contributed by atoms with E-state index in [1.165, 1.54) is 29.5 Å². The van der Waals surface area contributed by atoms with Crippen LogP contribution in [0.5, 0.6) is 0 Å². The maximum absolute atomic E-state index is 13.1. The van der Waals surface area contributed by atoms with Crippen molar-refractivity contribution in [3.63, 3.8) is 0 Å². The van der Waals surface area contributed by atoms with Gasteiger partial charge < -0.3 is 5.32 Å². The van der Waals surface area contributed by atoms with Crippen LogP contribution in [0.1, 0.15) is 26.4 Å². The molecule has 2 aromatic rings. The summed E-state index contributed by atoms with van der Waals surface area (Å²) in [5, 5.41) is 12.3. The highest BCUT2D eigenvalue weighted by Gasteiger charge is 2.16. The zero-order valence-electron chi connectivity index (χ0n) is 10.8. The number of nitrogens with zero attached hydrogens (tertiary/aromatic N) is 1. The van der Waals surface area contributed by atoms with Crippen LogP contribution in [0, 0.1) is 31.0 Å². The molecule has 1 amide bonds. The van der Waals surface area contributed by atoms with E-state index in [0.717, 1.165) is 10.4 Å². The normalized spacial score (nSPS) is 10.2. The van der Waals surface area contributed by atoms with Crippen LogP contribution >= 0.6 is 27.3 Å². The van der Waals surface area contributed by atoms with Gasteiger partial charge >= 0.3 is 0 Å². The lowest BCUT2D eigenvalue weighted by Crippen LogP contribution is -2.11. The molecule has 0 radical (unpaired) electrons. The number of nitrogens with one attached hydrogen (secondary N) is 1. The first kappa shape index (κ1) is 14.7. The quantitative estimate of drug-likeness (QED) is 0.871. The van der Waals surface area contributed by atoms with Crippen LogP contribution in [0.2, 0.25) is 0 Å². The van der Waals surface area contributed by atoms with E-state index >= 15 is 0 Å². The second-order valence-electron chi connectivity index (χ2n) is 4.18. The summed E-state index contributed by atoms with van der Waals surface area (Å²) in [4.78, 5) is 13.1. The molecule has 102 valence electrons. The van der Waals surface area contributed by atoms with Gasteiger partial charge in [-0.05, 0) is 53.5 Å². The Morgan fingerprint density at radius 3 is 2.75 bits per heavy atom. The molecule has 3 nitrogen and oxygen atoms in total. The molecule has 0 aliphatic carbocycles. The Hall–Kier alpha value is -1.71. The topological polar surface area (TPSA) is 52.9 Å². The lowest BCUT2D eigenvalue weighted by molar-refractivity contribution is 0.102. The summed E-state index contributed by atoms with van der Waals surface area (Å²) >= 11 is 4.39. The molecular formula is C14H10BrFN2OS. The summed E-state index contributed by atoms with van der Waals surface area (Å²) in [6.07, 6.45) is 0. The standard InChI is InChI=1S/C14H10BrFN2OS/c1-7-8(2)20-14(10(7)6-17)18-13(19)9-3-4-12(16)11(15)5-9/h3-5H,1-2H3,(H,18,19). The number of thiophene rings is 1. The Kier molecular flexibility index (Phi) is 4.21. The van der Waals surface area contributed by atoms with Crippen LogP contribution in [-0.4, -0.2) is 5.91 Å². The molecule has 6 heteroatoms. The van der Waals surface area contributed by atoms with Crippen molar-refractivity contribution < 1.29 is 9.18 Å². The first-order chi connectivity index (χ1) is 9.43. The van der Waals surface area contributed by atoms with Crippen LogP contribution in [0.15, 0.2) is 22.7 Å². The van der Waals surface area contributed by atoms with E-state index in [1.807, 2.05) is 13.8 Å². The summed E-state index contributed by atoms with van der Waals surface area (Å²) in [6, 6.07) is 6.11. The number of carbonyl (C=O) groups is 1. The van der Waals surface area contributed by atoms with Gasteiger partial charge in [-0.25, -0.2) is 4.39 Å². The number of amides is 1. The van der Waals surface area contributed by atoms with Gasteiger partial charge in [0.1, 0.15) is 16.9 Å². The largest absolute Gasteiger partial charge is 0.312 e. The highest BCUT2D eigenvalue weighted by atomic mass is 79.9. The number of nitriles is 1. The third-order valence-electron chi connectivity index (χ3n) is 2.91. The molecule has 0 aliphatic rings. The third kappa shape index (κ3) is 2.74. The number of hydrogen-bond donors (Lipinski definition) is 1. The van der Waals surface area contributed by atoms with Crippen LogP contribution < -0.4 is 5.32 Å². The maximum atomic E-state index is 13.1. The van der Waals surface area contributed by atoms with Gasteiger partial charge in [-0.3, -0.25) is 4.79 Å². The number of halogens is 2. The highest BCUT2D eigenvalue weighted by molar-refractivity contribution is 9.10. The molecular weight excluding hydrogens is 343 g/mol. The van der Waals surface area contributed by atoms with Gasteiger partial charge in [0.15, 0.2) is 0 Å². The molecule has 2 rings (SSSR count). The molecule has 1 heterocycles. The monoisotopic (exact) mass is 352 g/mol. The van der Waals surface area contributed by atoms with Gasteiger partial charge in [-0.2, -0.15) is 5.26 Å². The average molecular weight is 353 g/mol. The van der Waals surface area contributed by atoms with Crippen molar-refractivity contribution in [3.8, 4) is 6.07 Å². The van der Waals surface area contributed by atoms with Crippen molar-refractivity contribution in [1.29, 1.82) is 5.26 Å². The van der Waals surface area contributed by atoms with Gasteiger partial charge in [-0.15, -0.1) is 11.3 Å². The number of benzene rings is 1. The van der Waals surface area contributed by atoms with Crippen LogP contribution in [-0.2, 0) is 0 Å². The Labute approximate surface area is 128 Å². The maximum Gasteiger partial charge on any atom is 0.256 e. The lowest BCUT2D eigenvalue weighted by atomic mass is 10.1. The zero-order valence-corrected chi connectivity index (χ0v) is 13.2. The first-order valence-electron chi connectivity index (χ1n) is 5.70. The smallest absolute Gasteiger partial charge is 0.256 e. The van der Waals surface area contributed by atoms with E-state index in [2.05, 4.69) is 27.3 Å². The molecule has 1 N–H and O–H groups in total. The molecule has 0 fully saturated rings. The minimum atomic E-state index is -0.429. The molecule has 0 spiro atoms. The summed E-state index contributed by atoms with van der Waals surface area (Å²) in [6.45, 7) is 3.74. The fourth-order valence-corrected chi connectivity index (χ4v) is 3.05. The predicted molar refractivity (Wildman–Crippen MR) is 80.6 cm³/mol. The van der Waals surface area contributed by atoms with Gasteiger partial charge in [0, 0.05) is 10.4 Å². The van der Waals surface area contributed by atoms with E-state index in [9.17, 15) is 9.18 Å². The average Bonchev–Trinajstić information content (AvgIpc) is 2.67. The lowest BCUT2D eigenvalue weighted by Gasteiger charge is -2.04. The summed E-state index contributed by atoms with van der Waals surface area (Å²) in [5.41, 5.74) is 1.67. The number of rotatable bonds is 2. The van der Waals surface area contributed by atoms with E-state index < -0.39 is 5.82 Å². The van der Waals surface area contributed by atoms with E-state index in [4.69, 9.17) is 5.26 Å². The Morgan fingerprint density at radius 2 is 2.15 bits per heavy atom. The molecule has 0 saturated carbocycles. The SMILES string of the molecule is Cc1sc(NC(=O)c2ccc(F)c(Br)c2)c(C#N)c1C. The summed E-state index contributed by atoms with van der Waals surface area (Å²) in [7, 11) is 0. The molecule has 0 aliphatic heterocycles. The van der Waals surface area contributed by atoms with Crippen LogP contribution in [0.25, 0.3) is 0 Å². The molecule has 0 bridgehead atoms. The highest BCUT2D eigenvalue weighted by Crippen LogP contribution is 2.32.